The van der Waals surface area contributed by atoms with Crippen molar-refractivity contribution in [3.63, 3.8) is 0 Å². The largest absolute Gasteiger partial charge is 0.306 e. The molecule has 0 N–H and O–H groups in total. The van der Waals surface area contributed by atoms with Crippen molar-refractivity contribution in [1.29, 1.82) is 0 Å². The van der Waals surface area contributed by atoms with Crippen molar-refractivity contribution in [3.05, 3.63) is 77.6 Å². The monoisotopic (exact) mass is 337 g/mol. The summed E-state index contributed by atoms with van der Waals surface area (Å²) in [6.45, 7) is 3.07. The highest BCUT2D eigenvalue weighted by molar-refractivity contribution is 7.99. The molecule has 0 saturated heterocycles. The molecular weight excluding hydrogens is 314 g/mol. The van der Waals surface area contributed by atoms with Crippen LogP contribution in [0.1, 0.15) is 30.3 Å². The van der Waals surface area contributed by atoms with Crippen LogP contribution < -0.4 is 0 Å². The molecule has 0 atom stereocenters. The van der Waals surface area contributed by atoms with Crippen molar-refractivity contribution in [3.8, 4) is 0 Å². The molecule has 0 aliphatic heterocycles. The summed E-state index contributed by atoms with van der Waals surface area (Å²) in [5.74, 6) is 2.12. The Labute approximate surface area is 148 Å². The molecule has 4 heteroatoms. The summed E-state index contributed by atoms with van der Waals surface area (Å²) in [7, 11) is 0. The van der Waals surface area contributed by atoms with E-state index in [1.807, 2.05) is 17.8 Å². The highest BCUT2D eigenvalue weighted by Crippen LogP contribution is 2.20. The van der Waals surface area contributed by atoms with Crippen molar-refractivity contribution < 1.29 is 0 Å². The van der Waals surface area contributed by atoms with Crippen LogP contribution in [0.5, 0.6) is 0 Å². The SMILES string of the molecule is CCn1c(Cc2ccccc2)nnc1SCCCc1ccccc1. The molecule has 0 bridgehead atoms. The van der Waals surface area contributed by atoms with Gasteiger partial charge in [0, 0.05) is 18.7 Å². The van der Waals surface area contributed by atoms with Gasteiger partial charge in [0.25, 0.3) is 0 Å². The predicted molar refractivity (Wildman–Crippen MR) is 100 cm³/mol. The predicted octanol–water partition coefficient (Wildman–Crippen LogP) is 4.61. The van der Waals surface area contributed by atoms with Gasteiger partial charge in [-0.3, -0.25) is 0 Å². The molecule has 2 aromatic carbocycles. The van der Waals surface area contributed by atoms with Crippen molar-refractivity contribution in [2.24, 2.45) is 0 Å². The van der Waals surface area contributed by atoms with E-state index in [9.17, 15) is 0 Å². The Morgan fingerprint density at radius 1 is 0.875 bits per heavy atom. The fourth-order valence-electron chi connectivity index (χ4n) is 2.74. The van der Waals surface area contributed by atoms with E-state index >= 15 is 0 Å². The van der Waals surface area contributed by atoms with Crippen LogP contribution in [-0.2, 0) is 19.4 Å². The highest BCUT2D eigenvalue weighted by Gasteiger charge is 2.11. The van der Waals surface area contributed by atoms with Crippen molar-refractivity contribution >= 4 is 11.8 Å². The molecular formula is C20H23N3S. The number of hydrogen-bond acceptors (Lipinski definition) is 3. The van der Waals surface area contributed by atoms with E-state index in [2.05, 4.69) is 76.3 Å². The lowest BCUT2D eigenvalue weighted by molar-refractivity contribution is 0.651. The number of nitrogens with zero attached hydrogens (tertiary/aromatic N) is 3. The third kappa shape index (κ3) is 4.48. The van der Waals surface area contributed by atoms with Gasteiger partial charge in [-0.1, -0.05) is 72.4 Å². The van der Waals surface area contributed by atoms with E-state index in [4.69, 9.17) is 0 Å². The maximum absolute atomic E-state index is 4.41. The zero-order valence-electron chi connectivity index (χ0n) is 14.1. The van der Waals surface area contributed by atoms with Crippen LogP contribution in [0.3, 0.4) is 0 Å². The molecule has 0 saturated carbocycles. The molecule has 24 heavy (non-hydrogen) atoms. The summed E-state index contributed by atoms with van der Waals surface area (Å²) in [6, 6.07) is 21.1. The van der Waals surface area contributed by atoms with Gasteiger partial charge in [-0.15, -0.1) is 10.2 Å². The van der Waals surface area contributed by atoms with Gasteiger partial charge in [0.15, 0.2) is 5.16 Å². The Morgan fingerprint density at radius 3 is 2.21 bits per heavy atom. The Balaban J connectivity index is 1.56. The first-order valence-electron chi connectivity index (χ1n) is 8.49. The number of aryl methyl sites for hydroxylation is 1. The molecule has 0 aliphatic carbocycles. The van der Waals surface area contributed by atoms with E-state index in [0.29, 0.717) is 0 Å². The van der Waals surface area contributed by atoms with Gasteiger partial charge in [-0.05, 0) is 30.9 Å². The molecule has 1 heterocycles. The van der Waals surface area contributed by atoms with Crippen LogP contribution in [0, 0.1) is 0 Å². The summed E-state index contributed by atoms with van der Waals surface area (Å²) >= 11 is 1.81. The van der Waals surface area contributed by atoms with Crippen LogP contribution in [0.4, 0.5) is 0 Å². The average molecular weight is 337 g/mol. The minimum Gasteiger partial charge on any atom is -0.306 e. The maximum Gasteiger partial charge on any atom is 0.191 e. The van der Waals surface area contributed by atoms with Crippen LogP contribution >= 0.6 is 11.8 Å². The van der Waals surface area contributed by atoms with Crippen LogP contribution in [0.15, 0.2) is 65.8 Å². The second-order valence-electron chi connectivity index (χ2n) is 5.74. The molecule has 124 valence electrons. The molecule has 0 fully saturated rings. The molecule has 0 aliphatic rings. The van der Waals surface area contributed by atoms with E-state index in [-0.39, 0.29) is 0 Å². The third-order valence-corrected chi connectivity index (χ3v) is 5.05. The van der Waals surface area contributed by atoms with Gasteiger partial charge >= 0.3 is 0 Å². The molecule has 3 rings (SSSR count). The number of benzene rings is 2. The van der Waals surface area contributed by atoms with E-state index in [0.717, 1.165) is 42.5 Å². The lowest BCUT2D eigenvalue weighted by Gasteiger charge is -2.07. The van der Waals surface area contributed by atoms with Crippen LogP contribution in [-0.4, -0.2) is 20.5 Å². The van der Waals surface area contributed by atoms with Crippen molar-refractivity contribution in [2.45, 2.75) is 37.9 Å². The number of hydrogen-bond donors (Lipinski definition) is 0. The lowest BCUT2D eigenvalue weighted by Crippen LogP contribution is -2.04. The number of aromatic nitrogens is 3. The Bertz CT molecular complexity index is 738. The van der Waals surface area contributed by atoms with E-state index < -0.39 is 0 Å². The summed E-state index contributed by atoms with van der Waals surface area (Å²) in [6.07, 6.45) is 3.11. The second-order valence-corrected chi connectivity index (χ2v) is 6.81. The molecule has 1 aromatic heterocycles. The van der Waals surface area contributed by atoms with Crippen molar-refractivity contribution in [2.75, 3.05) is 5.75 Å². The minimum absolute atomic E-state index is 0.840. The smallest absolute Gasteiger partial charge is 0.191 e. The third-order valence-electron chi connectivity index (χ3n) is 4.00. The summed E-state index contributed by atoms with van der Waals surface area (Å²) in [4.78, 5) is 0. The van der Waals surface area contributed by atoms with E-state index in [1.54, 1.807) is 0 Å². The zero-order chi connectivity index (χ0) is 16.6. The summed E-state index contributed by atoms with van der Waals surface area (Å²) in [5.41, 5.74) is 2.68. The first-order valence-corrected chi connectivity index (χ1v) is 9.48. The maximum atomic E-state index is 4.41. The molecule has 3 nitrogen and oxygen atoms in total. The minimum atomic E-state index is 0.840. The van der Waals surface area contributed by atoms with E-state index in [1.165, 1.54) is 11.1 Å². The zero-order valence-corrected chi connectivity index (χ0v) is 14.9. The van der Waals surface area contributed by atoms with Gasteiger partial charge in [-0.2, -0.15) is 0 Å². The molecule has 0 amide bonds. The standard InChI is InChI=1S/C20H23N3S/c1-2-23-19(16-18-12-7-4-8-13-18)21-22-20(23)24-15-9-14-17-10-5-3-6-11-17/h3-8,10-13H,2,9,14-16H2,1H3. The number of thioether (sulfide) groups is 1. The average Bonchev–Trinajstić information content (AvgIpc) is 3.02. The van der Waals surface area contributed by atoms with Gasteiger partial charge in [0.05, 0.1) is 0 Å². The quantitative estimate of drug-likeness (QED) is 0.444. The molecule has 0 spiro atoms. The van der Waals surface area contributed by atoms with Crippen LogP contribution in [0.25, 0.3) is 0 Å². The summed E-state index contributed by atoms with van der Waals surface area (Å²) < 4.78 is 2.24. The molecule has 0 radical (unpaired) electrons. The lowest BCUT2D eigenvalue weighted by atomic mass is 10.1. The first kappa shape index (κ1) is 16.8. The number of rotatable bonds is 8. The Kier molecular flexibility index (Phi) is 6.07. The fourth-order valence-corrected chi connectivity index (χ4v) is 3.70. The summed E-state index contributed by atoms with van der Waals surface area (Å²) in [5, 5.41) is 9.85. The van der Waals surface area contributed by atoms with Gasteiger partial charge in [-0.25, -0.2) is 0 Å². The van der Waals surface area contributed by atoms with Gasteiger partial charge < -0.3 is 4.57 Å². The molecule has 0 unspecified atom stereocenters. The fraction of sp³-hybridized carbons (Fsp3) is 0.300. The Hall–Kier alpha value is -2.07. The first-order chi connectivity index (χ1) is 11.9. The second kappa shape index (κ2) is 8.69. The van der Waals surface area contributed by atoms with Crippen LogP contribution in [0.2, 0.25) is 0 Å². The van der Waals surface area contributed by atoms with Crippen molar-refractivity contribution in [1.82, 2.24) is 14.8 Å². The highest BCUT2D eigenvalue weighted by atomic mass is 32.2. The van der Waals surface area contributed by atoms with Gasteiger partial charge in [0.1, 0.15) is 5.82 Å². The Morgan fingerprint density at radius 2 is 1.54 bits per heavy atom. The molecule has 3 aromatic rings. The normalized spacial score (nSPS) is 10.9. The topological polar surface area (TPSA) is 30.7 Å². The van der Waals surface area contributed by atoms with Gasteiger partial charge in [0.2, 0.25) is 0 Å².